The van der Waals surface area contributed by atoms with Crippen molar-refractivity contribution in [2.45, 2.75) is 26.7 Å². The lowest BCUT2D eigenvalue weighted by molar-refractivity contribution is 0.0690. The fourth-order valence-corrected chi connectivity index (χ4v) is 2.07. The first-order valence-electron chi connectivity index (χ1n) is 4.87. The van der Waals surface area contributed by atoms with Crippen LogP contribution in [0.15, 0.2) is 6.07 Å². The van der Waals surface area contributed by atoms with Crippen LogP contribution in [0.25, 0.3) is 0 Å². The maximum atomic E-state index is 11.7. The summed E-state index contributed by atoms with van der Waals surface area (Å²) in [6, 6.07) is 1.44. The van der Waals surface area contributed by atoms with E-state index < -0.39 is 5.97 Å². The zero-order valence-corrected chi connectivity index (χ0v) is 8.76. The Morgan fingerprint density at radius 2 is 2.13 bits per heavy atom. The average Bonchev–Trinajstić information content (AvgIpc) is 2.45. The molecular formula is C11H13NO3. The Morgan fingerprint density at radius 3 is 2.73 bits per heavy atom. The van der Waals surface area contributed by atoms with Gasteiger partial charge in [-0.05, 0) is 17.9 Å². The molecule has 0 saturated heterocycles. The van der Waals surface area contributed by atoms with Gasteiger partial charge in [0.1, 0.15) is 5.69 Å². The molecule has 2 N–H and O–H groups in total. The van der Waals surface area contributed by atoms with Gasteiger partial charge < -0.3 is 10.1 Å². The van der Waals surface area contributed by atoms with E-state index in [2.05, 4.69) is 4.98 Å². The standard InChI is InChI=1S/C11H13NO3/c1-11(2)4-8-6(9(13)5-11)3-7(12-8)10(14)15/h3,12H,4-5H2,1-2H3,(H,14,15). The number of aromatic amines is 1. The van der Waals surface area contributed by atoms with Gasteiger partial charge in [0.2, 0.25) is 0 Å². The highest BCUT2D eigenvalue weighted by molar-refractivity contribution is 6.01. The Kier molecular flexibility index (Phi) is 1.96. The molecule has 1 aliphatic carbocycles. The molecule has 0 unspecified atom stereocenters. The van der Waals surface area contributed by atoms with Crippen LogP contribution >= 0.6 is 0 Å². The summed E-state index contributed by atoms with van der Waals surface area (Å²) in [4.78, 5) is 25.3. The molecule has 0 fully saturated rings. The fraction of sp³-hybridized carbons (Fsp3) is 0.455. The summed E-state index contributed by atoms with van der Waals surface area (Å²) in [5.74, 6) is -0.986. The number of carboxylic acids is 1. The van der Waals surface area contributed by atoms with Crippen molar-refractivity contribution in [1.82, 2.24) is 4.98 Å². The molecule has 0 saturated carbocycles. The van der Waals surface area contributed by atoms with E-state index in [1.807, 2.05) is 13.8 Å². The van der Waals surface area contributed by atoms with E-state index in [0.29, 0.717) is 12.0 Å². The molecule has 1 aromatic rings. The van der Waals surface area contributed by atoms with Crippen LogP contribution in [0, 0.1) is 5.41 Å². The van der Waals surface area contributed by atoms with Gasteiger partial charge in [0, 0.05) is 17.7 Å². The predicted molar refractivity (Wildman–Crippen MR) is 54.2 cm³/mol. The van der Waals surface area contributed by atoms with Gasteiger partial charge in [0.25, 0.3) is 0 Å². The van der Waals surface area contributed by atoms with Gasteiger partial charge in [-0.2, -0.15) is 0 Å². The summed E-state index contributed by atoms with van der Waals surface area (Å²) in [5, 5.41) is 8.81. The molecule has 80 valence electrons. The topological polar surface area (TPSA) is 70.2 Å². The Balaban J connectivity index is 2.47. The maximum absolute atomic E-state index is 11.7. The van der Waals surface area contributed by atoms with E-state index in [1.165, 1.54) is 6.07 Å². The van der Waals surface area contributed by atoms with E-state index >= 15 is 0 Å². The number of aromatic carboxylic acids is 1. The number of aromatic nitrogens is 1. The molecule has 0 aliphatic heterocycles. The number of fused-ring (bicyclic) bond motifs is 1. The minimum atomic E-state index is -1.02. The van der Waals surface area contributed by atoms with Crippen molar-refractivity contribution in [2.75, 3.05) is 0 Å². The first kappa shape index (κ1) is 9.96. The summed E-state index contributed by atoms with van der Waals surface area (Å²) in [6.07, 6.45) is 1.21. The molecule has 1 heterocycles. The molecule has 4 nitrogen and oxygen atoms in total. The predicted octanol–water partition coefficient (Wildman–Crippen LogP) is 1.87. The molecule has 1 aliphatic rings. The van der Waals surface area contributed by atoms with Crippen LogP contribution in [-0.4, -0.2) is 21.8 Å². The van der Waals surface area contributed by atoms with E-state index in [4.69, 9.17) is 5.11 Å². The van der Waals surface area contributed by atoms with Crippen molar-refractivity contribution in [3.63, 3.8) is 0 Å². The maximum Gasteiger partial charge on any atom is 0.352 e. The third-order valence-electron chi connectivity index (χ3n) is 2.72. The van der Waals surface area contributed by atoms with E-state index in [0.717, 1.165) is 12.1 Å². The van der Waals surface area contributed by atoms with Crippen LogP contribution < -0.4 is 0 Å². The summed E-state index contributed by atoms with van der Waals surface area (Å²) < 4.78 is 0. The first-order valence-corrected chi connectivity index (χ1v) is 4.87. The normalized spacial score (nSPS) is 18.7. The summed E-state index contributed by atoms with van der Waals surface area (Å²) >= 11 is 0. The van der Waals surface area contributed by atoms with Crippen LogP contribution in [0.2, 0.25) is 0 Å². The third-order valence-corrected chi connectivity index (χ3v) is 2.72. The summed E-state index contributed by atoms with van der Waals surface area (Å²) in [7, 11) is 0. The molecule has 0 spiro atoms. The van der Waals surface area contributed by atoms with Gasteiger partial charge in [0.05, 0.1) is 0 Å². The summed E-state index contributed by atoms with van der Waals surface area (Å²) in [6.45, 7) is 4.02. The number of carbonyl (C=O) groups excluding carboxylic acids is 1. The van der Waals surface area contributed by atoms with Crippen molar-refractivity contribution < 1.29 is 14.7 Å². The highest BCUT2D eigenvalue weighted by Crippen LogP contribution is 2.34. The van der Waals surface area contributed by atoms with Crippen molar-refractivity contribution in [1.29, 1.82) is 0 Å². The monoisotopic (exact) mass is 207 g/mol. The Labute approximate surface area is 87.3 Å². The number of rotatable bonds is 1. The highest BCUT2D eigenvalue weighted by Gasteiger charge is 2.32. The number of ketones is 1. The number of hydrogen-bond donors (Lipinski definition) is 2. The number of carbonyl (C=O) groups is 2. The number of H-pyrrole nitrogens is 1. The van der Waals surface area contributed by atoms with Crippen LogP contribution in [0.3, 0.4) is 0 Å². The lowest BCUT2D eigenvalue weighted by Crippen LogP contribution is -2.26. The second kappa shape index (κ2) is 2.95. The second-order valence-electron chi connectivity index (χ2n) is 4.82. The van der Waals surface area contributed by atoms with E-state index in [9.17, 15) is 9.59 Å². The highest BCUT2D eigenvalue weighted by atomic mass is 16.4. The molecule has 4 heteroatoms. The van der Waals surface area contributed by atoms with Crippen molar-refractivity contribution in [3.05, 3.63) is 23.0 Å². The van der Waals surface area contributed by atoms with Crippen molar-refractivity contribution in [3.8, 4) is 0 Å². The van der Waals surface area contributed by atoms with Crippen molar-refractivity contribution >= 4 is 11.8 Å². The number of Topliss-reactive ketones (excluding diaryl/α,β-unsaturated/α-hetero) is 1. The van der Waals surface area contributed by atoms with Crippen LogP contribution in [-0.2, 0) is 6.42 Å². The minimum Gasteiger partial charge on any atom is -0.477 e. The largest absolute Gasteiger partial charge is 0.477 e. The summed E-state index contributed by atoms with van der Waals surface area (Å²) in [5.41, 5.74) is 1.33. The average molecular weight is 207 g/mol. The zero-order chi connectivity index (χ0) is 11.2. The molecule has 0 bridgehead atoms. The zero-order valence-electron chi connectivity index (χ0n) is 8.76. The van der Waals surface area contributed by atoms with Crippen LogP contribution in [0.4, 0.5) is 0 Å². The van der Waals surface area contributed by atoms with Crippen molar-refractivity contribution in [2.24, 2.45) is 5.41 Å². The Morgan fingerprint density at radius 1 is 1.47 bits per heavy atom. The van der Waals surface area contributed by atoms with Gasteiger partial charge in [-0.15, -0.1) is 0 Å². The first-order chi connectivity index (χ1) is 6.89. The molecule has 0 aromatic carbocycles. The van der Waals surface area contributed by atoms with E-state index in [1.54, 1.807) is 0 Å². The van der Waals surface area contributed by atoms with Gasteiger partial charge in [-0.1, -0.05) is 13.8 Å². The molecule has 0 atom stereocenters. The van der Waals surface area contributed by atoms with Crippen LogP contribution in [0.1, 0.15) is 46.8 Å². The Hall–Kier alpha value is -1.58. The molecule has 15 heavy (non-hydrogen) atoms. The molecule has 0 amide bonds. The third kappa shape index (κ3) is 1.67. The minimum absolute atomic E-state index is 0.0324. The van der Waals surface area contributed by atoms with E-state index in [-0.39, 0.29) is 16.9 Å². The van der Waals surface area contributed by atoms with Crippen LogP contribution in [0.5, 0.6) is 0 Å². The Bertz CT molecular complexity index is 443. The number of hydrogen-bond acceptors (Lipinski definition) is 2. The van der Waals surface area contributed by atoms with Gasteiger partial charge in [0.15, 0.2) is 5.78 Å². The van der Waals surface area contributed by atoms with Gasteiger partial charge in [-0.25, -0.2) is 4.79 Å². The molecule has 0 radical (unpaired) electrons. The molecule has 2 rings (SSSR count). The lowest BCUT2D eigenvalue weighted by atomic mass is 9.76. The van der Waals surface area contributed by atoms with Gasteiger partial charge in [-0.3, -0.25) is 4.79 Å². The fourth-order valence-electron chi connectivity index (χ4n) is 2.07. The number of nitrogens with one attached hydrogen (secondary N) is 1. The SMILES string of the molecule is CC1(C)CC(=O)c2cc(C(=O)O)[nH]c2C1. The molecular weight excluding hydrogens is 194 g/mol. The second-order valence-corrected chi connectivity index (χ2v) is 4.82. The van der Waals surface area contributed by atoms with Gasteiger partial charge >= 0.3 is 5.97 Å². The smallest absolute Gasteiger partial charge is 0.352 e. The number of carboxylic acid groups (broad SMARTS) is 1. The lowest BCUT2D eigenvalue weighted by Gasteiger charge is -2.27. The quantitative estimate of drug-likeness (QED) is 0.738. The molecule has 1 aromatic heterocycles.